The van der Waals surface area contributed by atoms with Crippen LogP contribution in [0.2, 0.25) is 0 Å². The van der Waals surface area contributed by atoms with E-state index < -0.39 is 0 Å². The second-order valence-corrected chi connectivity index (χ2v) is 5.57. The van der Waals surface area contributed by atoms with E-state index in [1.165, 1.54) is 7.11 Å². The van der Waals surface area contributed by atoms with Crippen molar-refractivity contribution in [2.24, 2.45) is 11.7 Å². The molecule has 0 bridgehead atoms. The Morgan fingerprint density at radius 3 is 2.84 bits per heavy atom. The zero-order valence-corrected chi connectivity index (χ0v) is 11.8. The van der Waals surface area contributed by atoms with Crippen molar-refractivity contribution < 1.29 is 9.53 Å². The first-order chi connectivity index (χ1) is 9.00. The highest BCUT2D eigenvalue weighted by molar-refractivity contribution is 5.90. The summed E-state index contributed by atoms with van der Waals surface area (Å²) in [4.78, 5) is 13.9. The van der Waals surface area contributed by atoms with E-state index in [0.29, 0.717) is 18.0 Å². The molecule has 1 fully saturated rings. The topological polar surface area (TPSA) is 55.6 Å². The lowest BCUT2D eigenvalue weighted by Crippen LogP contribution is -2.44. The van der Waals surface area contributed by atoms with Crippen molar-refractivity contribution in [2.75, 3.05) is 25.1 Å². The lowest BCUT2D eigenvalue weighted by atomic mass is 9.88. The van der Waals surface area contributed by atoms with Crippen molar-refractivity contribution >= 4 is 11.7 Å². The van der Waals surface area contributed by atoms with Crippen molar-refractivity contribution in [3.63, 3.8) is 0 Å². The van der Waals surface area contributed by atoms with Gasteiger partial charge < -0.3 is 15.4 Å². The molecule has 1 aromatic rings. The molecular weight excluding hydrogens is 240 g/mol. The Morgan fingerprint density at radius 1 is 1.53 bits per heavy atom. The fourth-order valence-corrected chi connectivity index (χ4v) is 2.93. The van der Waals surface area contributed by atoms with Gasteiger partial charge in [0.1, 0.15) is 0 Å². The monoisotopic (exact) mass is 262 g/mol. The van der Waals surface area contributed by atoms with Gasteiger partial charge in [0.05, 0.1) is 12.7 Å². The molecule has 104 valence electrons. The number of methoxy groups -OCH3 is 1. The van der Waals surface area contributed by atoms with E-state index in [9.17, 15) is 4.79 Å². The van der Waals surface area contributed by atoms with Gasteiger partial charge in [-0.15, -0.1) is 0 Å². The quantitative estimate of drug-likeness (QED) is 0.847. The number of carbonyl (C=O) groups is 1. The van der Waals surface area contributed by atoms with Crippen LogP contribution in [0.4, 0.5) is 5.69 Å². The Morgan fingerprint density at radius 2 is 2.26 bits per heavy atom. The van der Waals surface area contributed by atoms with Crippen LogP contribution < -0.4 is 10.6 Å². The third-order valence-electron chi connectivity index (χ3n) is 4.26. The molecule has 2 rings (SSSR count). The Kier molecular flexibility index (Phi) is 3.80. The van der Waals surface area contributed by atoms with E-state index in [4.69, 9.17) is 10.5 Å². The smallest absolute Gasteiger partial charge is 0.337 e. The van der Waals surface area contributed by atoms with Crippen molar-refractivity contribution in [1.82, 2.24) is 0 Å². The van der Waals surface area contributed by atoms with Crippen molar-refractivity contribution in [2.45, 2.75) is 25.8 Å². The number of carbonyl (C=O) groups excluding carboxylic acids is 1. The van der Waals surface area contributed by atoms with Gasteiger partial charge >= 0.3 is 5.97 Å². The van der Waals surface area contributed by atoms with E-state index in [2.05, 4.69) is 18.7 Å². The molecule has 0 aliphatic carbocycles. The molecule has 1 atom stereocenters. The molecular formula is C15H22N2O2. The molecule has 0 amide bonds. The van der Waals surface area contributed by atoms with Crippen LogP contribution in [-0.4, -0.2) is 31.7 Å². The predicted molar refractivity (Wildman–Crippen MR) is 76.4 cm³/mol. The average Bonchev–Trinajstić information content (AvgIpc) is 2.72. The van der Waals surface area contributed by atoms with Gasteiger partial charge in [-0.1, -0.05) is 6.07 Å². The fraction of sp³-hybridized carbons (Fsp3) is 0.533. The standard InChI is InChI=1S/C15H22N2O2/c1-15(2)12(10-16)7-8-17(15)13-6-4-5-11(9-13)14(18)19-3/h4-6,9,12H,7-8,10,16H2,1-3H3. The highest BCUT2D eigenvalue weighted by Crippen LogP contribution is 2.37. The summed E-state index contributed by atoms with van der Waals surface area (Å²) in [6, 6.07) is 7.60. The second kappa shape index (κ2) is 5.21. The summed E-state index contributed by atoms with van der Waals surface area (Å²) >= 11 is 0. The Hall–Kier alpha value is -1.55. The summed E-state index contributed by atoms with van der Waals surface area (Å²) in [7, 11) is 1.40. The molecule has 1 aromatic carbocycles. The molecule has 0 aromatic heterocycles. The normalized spacial score (nSPS) is 21.5. The molecule has 19 heavy (non-hydrogen) atoms. The highest BCUT2D eigenvalue weighted by atomic mass is 16.5. The maximum Gasteiger partial charge on any atom is 0.337 e. The third kappa shape index (κ3) is 2.45. The number of rotatable bonds is 3. The maximum atomic E-state index is 11.6. The highest BCUT2D eigenvalue weighted by Gasteiger charge is 2.40. The summed E-state index contributed by atoms with van der Waals surface area (Å²) < 4.78 is 4.77. The predicted octanol–water partition coefficient (Wildman–Crippen LogP) is 2.04. The Balaban J connectivity index is 2.30. The zero-order chi connectivity index (χ0) is 14.0. The summed E-state index contributed by atoms with van der Waals surface area (Å²) in [6.07, 6.45) is 1.09. The van der Waals surface area contributed by atoms with Crippen LogP contribution in [0.1, 0.15) is 30.6 Å². The zero-order valence-electron chi connectivity index (χ0n) is 11.8. The van der Waals surface area contributed by atoms with Gasteiger partial charge in [0.15, 0.2) is 0 Å². The maximum absolute atomic E-state index is 11.6. The molecule has 1 aliphatic rings. The lowest BCUT2D eigenvalue weighted by molar-refractivity contribution is 0.0600. The number of nitrogens with two attached hydrogens (primary N) is 1. The van der Waals surface area contributed by atoms with Crippen LogP contribution >= 0.6 is 0 Å². The number of esters is 1. The molecule has 4 nitrogen and oxygen atoms in total. The molecule has 2 N–H and O–H groups in total. The molecule has 1 aliphatic heterocycles. The van der Waals surface area contributed by atoms with Gasteiger partial charge in [0.2, 0.25) is 0 Å². The summed E-state index contributed by atoms with van der Waals surface area (Å²) in [5, 5.41) is 0. The number of benzene rings is 1. The van der Waals surface area contributed by atoms with E-state index >= 15 is 0 Å². The number of anilines is 1. The van der Waals surface area contributed by atoms with Gasteiger partial charge in [-0.3, -0.25) is 0 Å². The molecule has 1 unspecified atom stereocenters. The van der Waals surface area contributed by atoms with E-state index in [1.807, 2.05) is 18.2 Å². The largest absolute Gasteiger partial charge is 0.465 e. The van der Waals surface area contributed by atoms with Crippen LogP contribution in [0.5, 0.6) is 0 Å². The molecule has 1 heterocycles. The lowest BCUT2D eigenvalue weighted by Gasteiger charge is -2.37. The van der Waals surface area contributed by atoms with E-state index in [-0.39, 0.29) is 11.5 Å². The number of hydrogen-bond donors (Lipinski definition) is 1. The SMILES string of the molecule is COC(=O)c1cccc(N2CCC(CN)C2(C)C)c1. The number of ether oxygens (including phenoxy) is 1. The summed E-state index contributed by atoms with van der Waals surface area (Å²) in [5.41, 5.74) is 7.51. The van der Waals surface area contributed by atoms with E-state index in [0.717, 1.165) is 18.7 Å². The van der Waals surface area contributed by atoms with E-state index in [1.54, 1.807) is 6.07 Å². The fourth-order valence-electron chi connectivity index (χ4n) is 2.93. The molecule has 0 radical (unpaired) electrons. The van der Waals surface area contributed by atoms with Gasteiger partial charge in [-0.05, 0) is 50.9 Å². The van der Waals surface area contributed by atoms with Gasteiger partial charge in [-0.25, -0.2) is 4.79 Å². The first-order valence-corrected chi connectivity index (χ1v) is 6.66. The Labute approximate surface area is 114 Å². The van der Waals surface area contributed by atoms with Crippen LogP contribution in [0.15, 0.2) is 24.3 Å². The van der Waals surface area contributed by atoms with Crippen LogP contribution in [-0.2, 0) is 4.74 Å². The van der Waals surface area contributed by atoms with Crippen molar-refractivity contribution in [3.8, 4) is 0 Å². The van der Waals surface area contributed by atoms with Crippen molar-refractivity contribution in [3.05, 3.63) is 29.8 Å². The van der Waals surface area contributed by atoms with Crippen LogP contribution in [0.25, 0.3) is 0 Å². The molecule has 0 spiro atoms. The molecule has 0 saturated carbocycles. The molecule has 1 saturated heterocycles. The van der Waals surface area contributed by atoms with Gasteiger partial charge in [-0.2, -0.15) is 0 Å². The number of hydrogen-bond acceptors (Lipinski definition) is 4. The van der Waals surface area contributed by atoms with Crippen molar-refractivity contribution in [1.29, 1.82) is 0 Å². The Bertz CT molecular complexity index is 471. The minimum atomic E-state index is -0.297. The minimum absolute atomic E-state index is 0.0174. The van der Waals surface area contributed by atoms with Crippen LogP contribution in [0, 0.1) is 5.92 Å². The first kappa shape index (κ1) is 13.9. The van der Waals surface area contributed by atoms with Gasteiger partial charge in [0, 0.05) is 17.8 Å². The summed E-state index contributed by atoms with van der Waals surface area (Å²) in [5.74, 6) is 0.184. The number of nitrogens with zero attached hydrogens (tertiary/aromatic N) is 1. The second-order valence-electron chi connectivity index (χ2n) is 5.57. The summed E-state index contributed by atoms with van der Waals surface area (Å²) in [6.45, 7) is 6.09. The minimum Gasteiger partial charge on any atom is -0.465 e. The average molecular weight is 262 g/mol. The van der Waals surface area contributed by atoms with Crippen LogP contribution in [0.3, 0.4) is 0 Å². The first-order valence-electron chi connectivity index (χ1n) is 6.66. The third-order valence-corrected chi connectivity index (χ3v) is 4.26. The van der Waals surface area contributed by atoms with Gasteiger partial charge in [0.25, 0.3) is 0 Å². The molecule has 4 heteroatoms.